The molecule has 0 spiro atoms. The maximum Gasteiger partial charge on any atom is 0.416 e. The lowest BCUT2D eigenvalue weighted by Gasteiger charge is -2.09. The summed E-state index contributed by atoms with van der Waals surface area (Å²) in [5, 5.41) is 20.7. The summed E-state index contributed by atoms with van der Waals surface area (Å²) in [6.07, 6.45) is -3.43. The molecule has 0 aliphatic heterocycles. The number of nitrogens with one attached hydrogen (secondary N) is 1. The lowest BCUT2D eigenvalue weighted by molar-refractivity contribution is -0.137. The summed E-state index contributed by atoms with van der Waals surface area (Å²) in [7, 11) is 0. The standard InChI is InChI=1S/C23H15F3N2O4/c1-13-5-6-14(22(30)31)10-19(13)20-8-7-18(32-20)9-15(12-27)21(29)28-17-4-2-3-16(11-17)23(24,25)26/h2-11H,1H3,(H,28,29)(H,30,31)/b15-9-. The van der Waals surface area contributed by atoms with Gasteiger partial charge in [0.05, 0.1) is 11.1 Å². The van der Waals surface area contributed by atoms with E-state index in [0.717, 1.165) is 29.8 Å². The van der Waals surface area contributed by atoms with E-state index in [0.29, 0.717) is 11.3 Å². The van der Waals surface area contributed by atoms with Crippen LogP contribution in [-0.2, 0) is 11.0 Å². The van der Waals surface area contributed by atoms with Gasteiger partial charge >= 0.3 is 12.1 Å². The van der Waals surface area contributed by atoms with Gasteiger partial charge in [0.2, 0.25) is 0 Å². The number of carbonyl (C=O) groups excluding carboxylic acids is 1. The topological polar surface area (TPSA) is 103 Å². The minimum absolute atomic E-state index is 0.0669. The number of carboxylic acid groups (broad SMARTS) is 1. The summed E-state index contributed by atoms with van der Waals surface area (Å²) in [6, 6.07) is 13.3. The number of anilines is 1. The van der Waals surface area contributed by atoms with Crippen molar-refractivity contribution < 1.29 is 32.3 Å². The van der Waals surface area contributed by atoms with Crippen LogP contribution in [0.3, 0.4) is 0 Å². The van der Waals surface area contributed by atoms with Gasteiger partial charge in [0, 0.05) is 17.3 Å². The molecule has 3 aromatic rings. The lowest BCUT2D eigenvalue weighted by atomic mass is 10.0. The largest absolute Gasteiger partial charge is 0.478 e. The van der Waals surface area contributed by atoms with Gasteiger partial charge in [-0.15, -0.1) is 0 Å². The number of aryl methyl sites for hydroxylation is 1. The first-order valence-electron chi connectivity index (χ1n) is 9.13. The number of hydrogen-bond donors (Lipinski definition) is 2. The highest BCUT2D eigenvalue weighted by atomic mass is 19.4. The predicted octanol–water partition coefficient (Wildman–Crippen LogP) is 5.52. The second-order valence-electron chi connectivity index (χ2n) is 6.74. The first-order chi connectivity index (χ1) is 15.1. The van der Waals surface area contributed by atoms with Gasteiger partial charge in [0.15, 0.2) is 0 Å². The molecular weight excluding hydrogens is 425 g/mol. The molecule has 162 valence electrons. The lowest BCUT2D eigenvalue weighted by Crippen LogP contribution is -2.14. The number of nitriles is 1. The second kappa shape index (κ2) is 8.81. The number of carboxylic acids is 1. The molecule has 0 aliphatic rings. The Morgan fingerprint density at radius 1 is 1.12 bits per heavy atom. The van der Waals surface area contributed by atoms with Crippen LogP contribution in [0.15, 0.2) is 64.6 Å². The zero-order chi connectivity index (χ0) is 23.5. The fourth-order valence-electron chi connectivity index (χ4n) is 2.86. The van der Waals surface area contributed by atoms with Gasteiger partial charge in [-0.05, 0) is 55.0 Å². The monoisotopic (exact) mass is 440 g/mol. The van der Waals surface area contributed by atoms with Crippen molar-refractivity contribution in [1.82, 2.24) is 0 Å². The maximum atomic E-state index is 12.8. The molecule has 1 heterocycles. The Hall–Kier alpha value is -4.32. The van der Waals surface area contributed by atoms with Gasteiger partial charge in [-0.3, -0.25) is 4.79 Å². The molecule has 1 aromatic heterocycles. The van der Waals surface area contributed by atoms with Gasteiger partial charge in [0.25, 0.3) is 5.91 Å². The smallest absolute Gasteiger partial charge is 0.416 e. The highest BCUT2D eigenvalue weighted by Gasteiger charge is 2.30. The van der Waals surface area contributed by atoms with Gasteiger partial charge in [-0.25, -0.2) is 4.79 Å². The number of nitrogens with zero attached hydrogens (tertiary/aromatic N) is 1. The van der Waals surface area contributed by atoms with Crippen LogP contribution in [0.25, 0.3) is 17.4 Å². The molecule has 0 atom stereocenters. The first kappa shape index (κ1) is 22.4. The molecule has 0 bridgehead atoms. The molecule has 9 heteroatoms. The van der Waals surface area contributed by atoms with E-state index in [1.807, 2.05) is 0 Å². The van der Waals surface area contributed by atoms with Gasteiger partial charge in [-0.1, -0.05) is 12.1 Å². The zero-order valence-electron chi connectivity index (χ0n) is 16.5. The third-order valence-electron chi connectivity index (χ3n) is 4.48. The summed E-state index contributed by atoms with van der Waals surface area (Å²) in [4.78, 5) is 23.6. The first-order valence-corrected chi connectivity index (χ1v) is 9.13. The molecule has 0 radical (unpaired) electrons. The molecule has 1 amide bonds. The number of carbonyl (C=O) groups is 2. The van der Waals surface area contributed by atoms with Crippen LogP contribution < -0.4 is 5.32 Å². The van der Waals surface area contributed by atoms with Gasteiger partial charge in [-0.2, -0.15) is 18.4 Å². The zero-order valence-corrected chi connectivity index (χ0v) is 16.5. The average molecular weight is 440 g/mol. The van der Waals surface area contributed by atoms with E-state index >= 15 is 0 Å². The average Bonchev–Trinajstić information content (AvgIpc) is 3.20. The Bertz CT molecular complexity index is 1270. The normalized spacial score (nSPS) is 11.7. The van der Waals surface area contributed by atoms with E-state index < -0.39 is 23.6 Å². The van der Waals surface area contributed by atoms with Crippen LogP contribution in [0.5, 0.6) is 0 Å². The third-order valence-corrected chi connectivity index (χ3v) is 4.48. The van der Waals surface area contributed by atoms with Crippen LogP contribution in [0.4, 0.5) is 18.9 Å². The molecule has 0 saturated carbocycles. The van der Waals surface area contributed by atoms with E-state index in [-0.39, 0.29) is 22.6 Å². The Labute approximate surface area is 180 Å². The molecule has 0 saturated heterocycles. The highest BCUT2D eigenvalue weighted by molar-refractivity contribution is 6.09. The summed E-state index contributed by atoms with van der Waals surface area (Å²) in [6.45, 7) is 1.77. The predicted molar refractivity (Wildman–Crippen MR) is 110 cm³/mol. The van der Waals surface area contributed by atoms with E-state index in [1.165, 1.54) is 24.3 Å². The number of furan rings is 1. The second-order valence-corrected chi connectivity index (χ2v) is 6.74. The number of benzene rings is 2. The number of halogens is 3. The third kappa shape index (κ3) is 5.05. The maximum absolute atomic E-state index is 12.8. The Morgan fingerprint density at radius 3 is 2.53 bits per heavy atom. The molecular formula is C23H15F3N2O4. The van der Waals surface area contributed by atoms with Crippen molar-refractivity contribution in [3.63, 3.8) is 0 Å². The number of amides is 1. The fraction of sp³-hybridized carbons (Fsp3) is 0.0870. The fourth-order valence-corrected chi connectivity index (χ4v) is 2.86. The quantitative estimate of drug-likeness (QED) is 0.402. The summed E-state index contributed by atoms with van der Waals surface area (Å²) in [5.74, 6) is -1.55. The SMILES string of the molecule is Cc1ccc(C(=O)O)cc1-c1ccc(/C=C(/C#N)C(=O)Nc2cccc(C(F)(F)F)c2)o1. The van der Waals surface area contributed by atoms with Crippen molar-refractivity contribution in [2.45, 2.75) is 13.1 Å². The molecule has 0 fully saturated rings. The van der Waals surface area contributed by atoms with Crippen LogP contribution >= 0.6 is 0 Å². The van der Waals surface area contributed by atoms with Crippen molar-refractivity contribution in [3.05, 3.63) is 82.6 Å². The number of aromatic carboxylic acids is 1. The number of alkyl halides is 3. The Kier molecular flexibility index (Phi) is 6.16. The van der Waals surface area contributed by atoms with E-state index in [1.54, 1.807) is 25.1 Å². The Balaban J connectivity index is 1.85. The molecule has 2 aromatic carbocycles. The molecule has 3 rings (SSSR count). The number of rotatable bonds is 5. The molecule has 32 heavy (non-hydrogen) atoms. The Morgan fingerprint density at radius 2 is 1.88 bits per heavy atom. The minimum atomic E-state index is -4.57. The molecule has 0 unspecified atom stereocenters. The van der Waals surface area contributed by atoms with Gasteiger partial charge < -0.3 is 14.8 Å². The molecule has 0 aliphatic carbocycles. The highest BCUT2D eigenvalue weighted by Crippen LogP contribution is 2.31. The van der Waals surface area contributed by atoms with Crippen molar-refractivity contribution in [1.29, 1.82) is 5.26 Å². The van der Waals surface area contributed by atoms with Crippen molar-refractivity contribution >= 4 is 23.6 Å². The summed E-state index contributed by atoms with van der Waals surface area (Å²) < 4.78 is 44.1. The van der Waals surface area contributed by atoms with E-state index in [2.05, 4.69) is 5.32 Å². The van der Waals surface area contributed by atoms with E-state index in [4.69, 9.17) is 9.52 Å². The van der Waals surface area contributed by atoms with Crippen molar-refractivity contribution in [3.8, 4) is 17.4 Å². The van der Waals surface area contributed by atoms with Crippen molar-refractivity contribution in [2.24, 2.45) is 0 Å². The molecule has 6 nitrogen and oxygen atoms in total. The summed E-state index contributed by atoms with van der Waals surface area (Å²) >= 11 is 0. The minimum Gasteiger partial charge on any atom is -0.478 e. The van der Waals surface area contributed by atoms with E-state index in [9.17, 15) is 28.0 Å². The van der Waals surface area contributed by atoms with Crippen molar-refractivity contribution in [2.75, 3.05) is 5.32 Å². The van der Waals surface area contributed by atoms with Crippen LogP contribution in [0, 0.1) is 18.3 Å². The van der Waals surface area contributed by atoms with Crippen LogP contribution in [-0.4, -0.2) is 17.0 Å². The summed E-state index contributed by atoms with van der Waals surface area (Å²) in [5.41, 5.74) is -0.101. The van der Waals surface area contributed by atoms with Gasteiger partial charge in [0.1, 0.15) is 23.2 Å². The molecule has 2 N–H and O–H groups in total. The number of hydrogen-bond acceptors (Lipinski definition) is 4. The van der Waals surface area contributed by atoms with Crippen LogP contribution in [0.1, 0.15) is 27.2 Å². The van der Waals surface area contributed by atoms with Crippen LogP contribution in [0.2, 0.25) is 0 Å².